The van der Waals surface area contributed by atoms with Crippen molar-refractivity contribution < 1.29 is 10.2 Å². The third kappa shape index (κ3) is 1.96. The van der Waals surface area contributed by atoms with Gasteiger partial charge in [-0.25, -0.2) is 9.97 Å². The summed E-state index contributed by atoms with van der Waals surface area (Å²) in [7, 11) is 0. The van der Waals surface area contributed by atoms with Crippen LogP contribution in [0.15, 0.2) is 12.4 Å². The van der Waals surface area contributed by atoms with Crippen molar-refractivity contribution in [2.75, 3.05) is 6.61 Å². The molecule has 1 atom stereocenters. The number of aliphatic hydroxyl groups excluding tert-OH is 2. The summed E-state index contributed by atoms with van der Waals surface area (Å²) in [4.78, 5) is 7.66. The SMILES string of the molecule is Cc1cnc([C@H](O)CO)nc1. The fourth-order valence-electron chi connectivity index (χ4n) is 0.656. The molecule has 4 heteroatoms. The normalized spacial score (nSPS) is 13.0. The molecule has 0 aliphatic rings. The van der Waals surface area contributed by atoms with Crippen molar-refractivity contribution >= 4 is 0 Å². The van der Waals surface area contributed by atoms with Gasteiger partial charge in [0.2, 0.25) is 0 Å². The maximum absolute atomic E-state index is 9.05. The maximum atomic E-state index is 9.05. The first-order valence-corrected chi connectivity index (χ1v) is 3.31. The first kappa shape index (κ1) is 8.10. The number of aromatic nitrogens is 2. The van der Waals surface area contributed by atoms with Gasteiger partial charge in [0.1, 0.15) is 6.10 Å². The Bertz CT molecular complexity index is 222. The maximum Gasteiger partial charge on any atom is 0.159 e. The van der Waals surface area contributed by atoms with Crippen molar-refractivity contribution in [3.05, 3.63) is 23.8 Å². The van der Waals surface area contributed by atoms with E-state index in [1.165, 1.54) is 0 Å². The topological polar surface area (TPSA) is 66.2 Å². The molecule has 1 aromatic heterocycles. The quantitative estimate of drug-likeness (QED) is 0.619. The van der Waals surface area contributed by atoms with Crippen molar-refractivity contribution in [3.8, 4) is 0 Å². The van der Waals surface area contributed by atoms with Crippen LogP contribution >= 0.6 is 0 Å². The molecule has 0 saturated carbocycles. The van der Waals surface area contributed by atoms with Crippen LogP contribution in [0.4, 0.5) is 0 Å². The molecular weight excluding hydrogens is 144 g/mol. The molecule has 1 rings (SSSR count). The first-order valence-electron chi connectivity index (χ1n) is 3.31. The second kappa shape index (κ2) is 3.41. The zero-order valence-corrected chi connectivity index (χ0v) is 6.23. The van der Waals surface area contributed by atoms with E-state index in [1.54, 1.807) is 12.4 Å². The number of hydrogen-bond acceptors (Lipinski definition) is 4. The molecule has 0 aliphatic carbocycles. The van der Waals surface area contributed by atoms with Gasteiger partial charge in [-0.3, -0.25) is 0 Å². The molecule has 1 heterocycles. The summed E-state index contributed by atoms with van der Waals surface area (Å²) < 4.78 is 0. The molecular formula is C7H10N2O2. The number of nitrogens with zero attached hydrogens (tertiary/aromatic N) is 2. The minimum Gasteiger partial charge on any atom is -0.393 e. The standard InChI is InChI=1S/C7H10N2O2/c1-5-2-8-7(9-3-5)6(11)4-10/h2-3,6,10-11H,4H2,1H3/t6-/m1/s1. The van der Waals surface area contributed by atoms with Crippen LogP contribution in [-0.2, 0) is 0 Å². The Kier molecular flexibility index (Phi) is 2.51. The summed E-state index contributed by atoms with van der Waals surface area (Å²) >= 11 is 0. The Morgan fingerprint density at radius 3 is 2.45 bits per heavy atom. The van der Waals surface area contributed by atoms with Gasteiger partial charge >= 0.3 is 0 Å². The summed E-state index contributed by atoms with van der Waals surface area (Å²) in [5.74, 6) is 0.262. The van der Waals surface area contributed by atoms with E-state index in [2.05, 4.69) is 9.97 Å². The number of rotatable bonds is 2. The Morgan fingerprint density at radius 1 is 1.45 bits per heavy atom. The lowest BCUT2D eigenvalue weighted by molar-refractivity contribution is 0.0885. The molecule has 0 unspecified atom stereocenters. The highest BCUT2D eigenvalue weighted by Crippen LogP contribution is 2.04. The van der Waals surface area contributed by atoms with Crippen LogP contribution in [-0.4, -0.2) is 26.8 Å². The third-order valence-electron chi connectivity index (χ3n) is 1.27. The molecule has 60 valence electrons. The van der Waals surface area contributed by atoms with Gasteiger partial charge in [-0.2, -0.15) is 0 Å². The fourth-order valence-corrected chi connectivity index (χ4v) is 0.656. The zero-order chi connectivity index (χ0) is 8.27. The average Bonchev–Trinajstić information content (AvgIpc) is 2.05. The lowest BCUT2D eigenvalue weighted by Gasteiger charge is -2.03. The molecule has 0 radical (unpaired) electrons. The van der Waals surface area contributed by atoms with E-state index in [0.29, 0.717) is 0 Å². The van der Waals surface area contributed by atoms with E-state index in [-0.39, 0.29) is 12.4 Å². The van der Waals surface area contributed by atoms with Crippen molar-refractivity contribution in [1.29, 1.82) is 0 Å². The van der Waals surface area contributed by atoms with Gasteiger partial charge in [-0.15, -0.1) is 0 Å². The Balaban J connectivity index is 2.81. The minimum absolute atomic E-state index is 0.262. The predicted molar refractivity (Wildman–Crippen MR) is 38.8 cm³/mol. The lowest BCUT2D eigenvalue weighted by atomic mass is 10.3. The second-order valence-corrected chi connectivity index (χ2v) is 2.32. The van der Waals surface area contributed by atoms with Crippen molar-refractivity contribution in [2.45, 2.75) is 13.0 Å². The molecule has 1 aromatic rings. The third-order valence-corrected chi connectivity index (χ3v) is 1.27. The highest BCUT2D eigenvalue weighted by atomic mass is 16.3. The van der Waals surface area contributed by atoms with Gasteiger partial charge in [-0.1, -0.05) is 0 Å². The number of aliphatic hydroxyl groups is 2. The molecule has 4 nitrogen and oxygen atoms in total. The molecule has 0 fully saturated rings. The van der Waals surface area contributed by atoms with Gasteiger partial charge in [0, 0.05) is 12.4 Å². The average molecular weight is 154 g/mol. The van der Waals surface area contributed by atoms with E-state index in [1.807, 2.05) is 6.92 Å². The number of aryl methyl sites for hydroxylation is 1. The fraction of sp³-hybridized carbons (Fsp3) is 0.429. The van der Waals surface area contributed by atoms with E-state index in [4.69, 9.17) is 10.2 Å². The Labute approximate surface area is 64.6 Å². The molecule has 0 aliphatic heterocycles. The van der Waals surface area contributed by atoms with Gasteiger partial charge < -0.3 is 10.2 Å². The van der Waals surface area contributed by atoms with Crippen molar-refractivity contribution in [1.82, 2.24) is 9.97 Å². The molecule has 0 amide bonds. The van der Waals surface area contributed by atoms with E-state index in [9.17, 15) is 0 Å². The van der Waals surface area contributed by atoms with Crippen LogP contribution in [0, 0.1) is 6.92 Å². The van der Waals surface area contributed by atoms with Gasteiger partial charge in [0.15, 0.2) is 5.82 Å². The summed E-state index contributed by atoms with van der Waals surface area (Å²) in [6.45, 7) is 1.51. The Hall–Kier alpha value is -1.00. The van der Waals surface area contributed by atoms with Gasteiger partial charge in [-0.05, 0) is 12.5 Å². The second-order valence-electron chi connectivity index (χ2n) is 2.32. The summed E-state index contributed by atoms with van der Waals surface area (Å²) in [6, 6.07) is 0. The van der Waals surface area contributed by atoms with Crippen LogP contribution in [0.2, 0.25) is 0 Å². The van der Waals surface area contributed by atoms with E-state index < -0.39 is 6.10 Å². The highest BCUT2D eigenvalue weighted by Gasteiger charge is 2.07. The first-order chi connectivity index (χ1) is 5.24. The highest BCUT2D eigenvalue weighted by molar-refractivity contribution is 5.03. The molecule has 0 aromatic carbocycles. The van der Waals surface area contributed by atoms with Crippen LogP contribution in [0.5, 0.6) is 0 Å². The molecule has 0 bridgehead atoms. The number of hydrogen-bond donors (Lipinski definition) is 2. The van der Waals surface area contributed by atoms with E-state index >= 15 is 0 Å². The minimum atomic E-state index is -0.962. The molecule has 0 saturated heterocycles. The molecule has 0 spiro atoms. The van der Waals surface area contributed by atoms with Crippen LogP contribution in [0.25, 0.3) is 0 Å². The van der Waals surface area contributed by atoms with Crippen LogP contribution in [0.3, 0.4) is 0 Å². The molecule has 2 N–H and O–H groups in total. The summed E-state index contributed by atoms with van der Waals surface area (Å²) in [5.41, 5.74) is 0.930. The monoisotopic (exact) mass is 154 g/mol. The zero-order valence-electron chi connectivity index (χ0n) is 6.23. The predicted octanol–water partition coefficient (Wildman–Crippen LogP) is -0.189. The summed E-state index contributed by atoms with van der Waals surface area (Å²) in [5, 5.41) is 17.6. The van der Waals surface area contributed by atoms with Gasteiger partial charge in [0.25, 0.3) is 0 Å². The van der Waals surface area contributed by atoms with E-state index in [0.717, 1.165) is 5.56 Å². The summed E-state index contributed by atoms with van der Waals surface area (Å²) in [6.07, 6.45) is 2.23. The smallest absolute Gasteiger partial charge is 0.159 e. The van der Waals surface area contributed by atoms with Crippen molar-refractivity contribution in [3.63, 3.8) is 0 Å². The largest absolute Gasteiger partial charge is 0.393 e. The lowest BCUT2D eigenvalue weighted by Crippen LogP contribution is -2.07. The van der Waals surface area contributed by atoms with Gasteiger partial charge in [0.05, 0.1) is 6.61 Å². The van der Waals surface area contributed by atoms with Crippen molar-refractivity contribution in [2.24, 2.45) is 0 Å². The molecule has 11 heavy (non-hydrogen) atoms. The van der Waals surface area contributed by atoms with Crippen LogP contribution in [0.1, 0.15) is 17.5 Å². The van der Waals surface area contributed by atoms with Crippen LogP contribution < -0.4 is 0 Å². The Morgan fingerprint density at radius 2 is 2.00 bits per heavy atom.